The molecule has 1 amide bonds. The lowest BCUT2D eigenvalue weighted by molar-refractivity contribution is -0.116. The first-order valence-corrected chi connectivity index (χ1v) is 8.59. The van der Waals surface area contributed by atoms with Crippen molar-refractivity contribution in [1.29, 1.82) is 0 Å². The van der Waals surface area contributed by atoms with Crippen molar-refractivity contribution in [2.45, 2.75) is 31.5 Å². The van der Waals surface area contributed by atoms with Gasteiger partial charge in [0.05, 0.1) is 6.04 Å². The Kier molecular flexibility index (Phi) is 4.46. The first-order valence-electron chi connectivity index (χ1n) is 7.23. The zero-order valence-electron chi connectivity index (χ0n) is 12.8. The second-order valence-corrected chi connectivity index (χ2v) is 6.96. The van der Waals surface area contributed by atoms with Crippen LogP contribution in [0.4, 0.5) is 5.69 Å². The van der Waals surface area contributed by atoms with Crippen LogP contribution >= 0.6 is 23.4 Å². The van der Waals surface area contributed by atoms with Crippen LogP contribution < -0.4 is 10.9 Å². The zero-order chi connectivity index (χ0) is 16.6. The predicted octanol–water partition coefficient (Wildman–Crippen LogP) is 3.19. The van der Waals surface area contributed by atoms with Crippen LogP contribution in [0.25, 0.3) is 0 Å². The van der Waals surface area contributed by atoms with E-state index in [-0.39, 0.29) is 23.9 Å². The van der Waals surface area contributed by atoms with Gasteiger partial charge in [-0.15, -0.1) is 0 Å². The van der Waals surface area contributed by atoms with Crippen molar-refractivity contribution < 1.29 is 4.79 Å². The number of thioether (sulfide) groups is 1. The number of rotatable bonds is 3. The van der Waals surface area contributed by atoms with Crippen LogP contribution in [0.3, 0.4) is 0 Å². The third-order valence-corrected chi connectivity index (χ3v) is 5.20. The van der Waals surface area contributed by atoms with Gasteiger partial charge >= 0.3 is 0 Å². The van der Waals surface area contributed by atoms with Crippen LogP contribution in [0.1, 0.15) is 23.7 Å². The molecule has 0 bridgehead atoms. The van der Waals surface area contributed by atoms with Gasteiger partial charge in [-0.3, -0.25) is 14.2 Å². The quantitative estimate of drug-likeness (QED) is 0.864. The van der Waals surface area contributed by atoms with E-state index in [1.807, 2.05) is 19.1 Å². The van der Waals surface area contributed by atoms with E-state index < -0.39 is 0 Å². The minimum atomic E-state index is -0.170. The Balaban J connectivity index is 1.73. The molecular formula is C16H16ClN3O2S. The van der Waals surface area contributed by atoms with Gasteiger partial charge in [0.15, 0.2) is 5.16 Å². The van der Waals surface area contributed by atoms with Gasteiger partial charge in [0.1, 0.15) is 0 Å². The number of hydrogen-bond donors (Lipinski definition) is 1. The lowest BCUT2D eigenvalue weighted by Crippen LogP contribution is -2.27. The average Bonchev–Trinajstić information content (AvgIpc) is 2.85. The van der Waals surface area contributed by atoms with E-state index >= 15 is 0 Å². The lowest BCUT2D eigenvalue weighted by Gasteiger charge is -2.13. The SMILES string of the molecule is Cc1cc(=O)n2c(n1)SCC2CC(=O)Nc1ccc(C)c(Cl)c1. The highest BCUT2D eigenvalue weighted by Gasteiger charge is 2.27. The van der Waals surface area contributed by atoms with Gasteiger partial charge in [-0.25, -0.2) is 4.98 Å². The Morgan fingerprint density at radius 1 is 1.43 bits per heavy atom. The molecule has 3 rings (SSSR count). The second-order valence-electron chi connectivity index (χ2n) is 5.57. The summed E-state index contributed by atoms with van der Waals surface area (Å²) in [5.41, 5.74) is 2.21. The minimum absolute atomic E-state index is 0.103. The molecule has 0 spiro atoms. The van der Waals surface area contributed by atoms with Crippen molar-refractivity contribution in [2.75, 3.05) is 11.1 Å². The molecule has 1 aromatic heterocycles. The number of carbonyl (C=O) groups is 1. The summed E-state index contributed by atoms with van der Waals surface area (Å²) in [7, 11) is 0. The van der Waals surface area contributed by atoms with Crippen LogP contribution in [0.5, 0.6) is 0 Å². The van der Waals surface area contributed by atoms with Gasteiger partial charge in [0.2, 0.25) is 5.91 Å². The number of carbonyl (C=O) groups excluding carboxylic acids is 1. The summed E-state index contributed by atoms with van der Waals surface area (Å²) < 4.78 is 1.61. The average molecular weight is 350 g/mol. The largest absolute Gasteiger partial charge is 0.326 e. The molecule has 0 saturated heterocycles. The lowest BCUT2D eigenvalue weighted by atomic mass is 10.2. The predicted molar refractivity (Wildman–Crippen MR) is 92.4 cm³/mol. The summed E-state index contributed by atoms with van der Waals surface area (Å²) in [6.45, 7) is 3.70. The molecule has 2 heterocycles. The molecule has 1 atom stereocenters. The van der Waals surface area contributed by atoms with Gasteiger partial charge in [0, 0.05) is 34.6 Å². The molecular weight excluding hydrogens is 334 g/mol. The molecule has 0 radical (unpaired) electrons. The molecule has 2 aromatic rings. The Bertz CT molecular complexity index is 835. The van der Waals surface area contributed by atoms with Crippen molar-refractivity contribution >= 4 is 35.0 Å². The topological polar surface area (TPSA) is 64.0 Å². The Hall–Kier alpha value is -1.79. The maximum absolute atomic E-state index is 12.3. The van der Waals surface area contributed by atoms with Gasteiger partial charge in [-0.2, -0.15) is 0 Å². The van der Waals surface area contributed by atoms with Crippen molar-refractivity contribution in [3.8, 4) is 0 Å². The van der Waals surface area contributed by atoms with Crippen LogP contribution in [0.15, 0.2) is 34.2 Å². The maximum Gasteiger partial charge on any atom is 0.254 e. The first kappa shape index (κ1) is 16.1. The summed E-state index contributed by atoms with van der Waals surface area (Å²) in [6, 6.07) is 6.73. The van der Waals surface area contributed by atoms with Crippen LogP contribution in [0.2, 0.25) is 5.02 Å². The van der Waals surface area contributed by atoms with Gasteiger partial charge in [0.25, 0.3) is 5.56 Å². The molecule has 5 nitrogen and oxygen atoms in total. The number of fused-ring (bicyclic) bond motifs is 1. The van der Waals surface area contributed by atoms with Gasteiger partial charge in [-0.1, -0.05) is 29.4 Å². The number of nitrogens with zero attached hydrogens (tertiary/aromatic N) is 2. The number of amides is 1. The highest BCUT2D eigenvalue weighted by atomic mass is 35.5. The molecule has 1 N–H and O–H groups in total. The van der Waals surface area contributed by atoms with E-state index in [4.69, 9.17) is 11.6 Å². The van der Waals surface area contributed by atoms with Crippen LogP contribution in [-0.4, -0.2) is 21.2 Å². The Morgan fingerprint density at radius 3 is 2.96 bits per heavy atom. The Labute approximate surface area is 143 Å². The van der Waals surface area contributed by atoms with E-state index in [2.05, 4.69) is 10.3 Å². The summed E-state index contributed by atoms with van der Waals surface area (Å²) in [5.74, 6) is 0.532. The van der Waals surface area contributed by atoms with E-state index in [1.54, 1.807) is 17.6 Å². The molecule has 0 fully saturated rings. The summed E-state index contributed by atoms with van der Waals surface area (Å²) in [5, 5.41) is 4.13. The minimum Gasteiger partial charge on any atom is -0.326 e. The molecule has 0 aliphatic carbocycles. The summed E-state index contributed by atoms with van der Waals surface area (Å²) >= 11 is 7.57. The van der Waals surface area contributed by atoms with Crippen molar-refractivity contribution in [2.24, 2.45) is 0 Å². The first-order chi connectivity index (χ1) is 10.9. The number of halogens is 1. The van der Waals surface area contributed by atoms with E-state index in [0.717, 1.165) is 5.56 Å². The summed E-state index contributed by atoms with van der Waals surface area (Å²) in [6.07, 6.45) is 0.232. The molecule has 120 valence electrons. The highest BCUT2D eigenvalue weighted by molar-refractivity contribution is 7.99. The van der Waals surface area contributed by atoms with E-state index in [9.17, 15) is 9.59 Å². The smallest absolute Gasteiger partial charge is 0.254 e. The van der Waals surface area contributed by atoms with E-state index in [0.29, 0.717) is 27.3 Å². The standard InChI is InChI=1S/C16H16ClN3O2S/c1-9-3-4-11(6-13(9)17)19-14(21)7-12-8-23-16-18-10(2)5-15(22)20(12)16/h3-6,12H,7-8H2,1-2H3,(H,19,21). The van der Waals surface area contributed by atoms with Crippen LogP contribution in [0, 0.1) is 13.8 Å². The van der Waals surface area contributed by atoms with Gasteiger partial charge in [-0.05, 0) is 31.5 Å². The number of hydrogen-bond acceptors (Lipinski definition) is 4. The van der Waals surface area contributed by atoms with Crippen LogP contribution in [-0.2, 0) is 4.79 Å². The van der Waals surface area contributed by atoms with E-state index in [1.165, 1.54) is 17.8 Å². The number of aromatic nitrogens is 2. The molecule has 7 heteroatoms. The number of anilines is 1. The molecule has 1 aliphatic rings. The fourth-order valence-corrected chi connectivity index (χ4v) is 3.89. The maximum atomic E-state index is 12.3. The second kappa shape index (κ2) is 6.37. The number of benzene rings is 1. The molecule has 1 aromatic carbocycles. The van der Waals surface area contributed by atoms with Crippen molar-refractivity contribution in [3.05, 3.63) is 50.9 Å². The molecule has 1 unspecified atom stereocenters. The number of aryl methyl sites for hydroxylation is 2. The molecule has 1 aliphatic heterocycles. The Morgan fingerprint density at radius 2 is 2.22 bits per heavy atom. The monoisotopic (exact) mass is 349 g/mol. The van der Waals surface area contributed by atoms with Crippen molar-refractivity contribution in [3.63, 3.8) is 0 Å². The third kappa shape index (κ3) is 3.43. The fourth-order valence-electron chi connectivity index (χ4n) is 2.51. The normalized spacial score (nSPS) is 16.2. The third-order valence-electron chi connectivity index (χ3n) is 3.69. The van der Waals surface area contributed by atoms with Gasteiger partial charge < -0.3 is 5.32 Å². The fraction of sp³-hybridized carbons (Fsp3) is 0.312. The van der Waals surface area contributed by atoms with Crippen molar-refractivity contribution in [1.82, 2.24) is 9.55 Å². The number of nitrogens with one attached hydrogen (secondary N) is 1. The summed E-state index contributed by atoms with van der Waals surface area (Å²) in [4.78, 5) is 28.7. The molecule has 0 saturated carbocycles. The molecule has 23 heavy (non-hydrogen) atoms. The highest BCUT2D eigenvalue weighted by Crippen LogP contribution is 2.32. The zero-order valence-corrected chi connectivity index (χ0v) is 14.4.